The van der Waals surface area contributed by atoms with Crippen molar-refractivity contribution in [2.75, 3.05) is 6.54 Å². The van der Waals surface area contributed by atoms with Crippen molar-refractivity contribution in [2.24, 2.45) is 17.8 Å². The maximum atomic E-state index is 4.52. The van der Waals surface area contributed by atoms with E-state index in [2.05, 4.69) is 28.1 Å². The van der Waals surface area contributed by atoms with Crippen molar-refractivity contribution in [3.63, 3.8) is 0 Å². The van der Waals surface area contributed by atoms with Crippen molar-refractivity contribution in [1.82, 2.24) is 15.1 Å². The van der Waals surface area contributed by atoms with E-state index in [1.807, 2.05) is 6.20 Å². The van der Waals surface area contributed by atoms with Crippen molar-refractivity contribution in [1.29, 1.82) is 0 Å². The van der Waals surface area contributed by atoms with E-state index in [-0.39, 0.29) is 0 Å². The van der Waals surface area contributed by atoms with Gasteiger partial charge in [-0.2, -0.15) is 5.10 Å². The molecule has 2 saturated carbocycles. The second-order valence-electron chi connectivity index (χ2n) is 6.12. The molecule has 100 valence electrons. The van der Waals surface area contributed by atoms with Gasteiger partial charge < -0.3 is 5.32 Å². The first-order valence-corrected chi connectivity index (χ1v) is 7.58. The van der Waals surface area contributed by atoms with Gasteiger partial charge >= 0.3 is 0 Å². The number of nitrogens with one attached hydrogen (secondary N) is 1. The fourth-order valence-corrected chi connectivity index (χ4v) is 3.89. The highest BCUT2D eigenvalue weighted by Crippen LogP contribution is 2.48. The van der Waals surface area contributed by atoms with Crippen molar-refractivity contribution in [2.45, 2.75) is 52.1 Å². The van der Waals surface area contributed by atoms with Crippen LogP contribution in [0.15, 0.2) is 12.3 Å². The second-order valence-corrected chi connectivity index (χ2v) is 6.12. The van der Waals surface area contributed by atoms with E-state index < -0.39 is 0 Å². The summed E-state index contributed by atoms with van der Waals surface area (Å²) in [7, 11) is 0. The Labute approximate surface area is 110 Å². The third-order valence-corrected chi connectivity index (χ3v) is 4.83. The molecule has 3 nitrogen and oxygen atoms in total. The normalized spacial score (nSPS) is 30.2. The number of fused-ring (bicyclic) bond motifs is 2. The van der Waals surface area contributed by atoms with Crippen LogP contribution in [0.3, 0.4) is 0 Å². The summed E-state index contributed by atoms with van der Waals surface area (Å²) in [5, 5.41) is 7.99. The first-order valence-electron chi connectivity index (χ1n) is 7.58. The van der Waals surface area contributed by atoms with Gasteiger partial charge in [0.1, 0.15) is 0 Å². The molecule has 3 atom stereocenters. The van der Waals surface area contributed by atoms with Gasteiger partial charge in [-0.15, -0.1) is 0 Å². The summed E-state index contributed by atoms with van der Waals surface area (Å²) in [6.45, 7) is 5.42. The zero-order valence-corrected chi connectivity index (χ0v) is 11.4. The molecular weight excluding hydrogens is 222 g/mol. The van der Waals surface area contributed by atoms with Gasteiger partial charge in [0, 0.05) is 19.3 Å². The van der Waals surface area contributed by atoms with Crippen LogP contribution in [-0.2, 0) is 13.1 Å². The molecule has 0 aliphatic heterocycles. The van der Waals surface area contributed by atoms with E-state index in [0.717, 1.165) is 37.4 Å². The SMILES string of the molecule is CCCNCc1ccnn1CC1CC2CCC1C2. The third-order valence-electron chi connectivity index (χ3n) is 4.83. The van der Waals surface area contributed by atoms with Gasteiger partial charge in [-0.3, -0.25) is 4.68 Å². The minimum Gasteiger partial charge on any atom is -0.311 e. The quantitative estimate of drug-likeness (QED) is 0.783. The van der Waals surface area contributed by atoms with Crippen molar-refractivity contribution in [3.05, 3.63) is 18.0 Å². The van der Waals surface area contributed by atoms with Crippen LogP contribution in [0.5, 0.6) is 0 Å². The third kappa shape index (κ3) is 2.46. The summed E-state index contributed by atoms with van der Waals surface area (Å²) in [6, 6.07) is 2.16. The largest absolute Gasteiger partial charge is 0.311 e. The molecule has 2 aliphatic carbocycles. The van der Waals surface area contributed by atoms with E-state index >= 15 is 0 Å². The molecular formula is C15H25N3. The lowest BCUT2D eigenvalue weighted by Gasteiger charge is -2.22. The molecule has 2 bridgehead atoms. The number of hydrogen-bond donors (Lipinski definition) is 1. The van der Waals surface area contributed by atoms with Gasteiger partial charge in [0.05, 0.1) is 5.69 Å². The van der Waals surface area contributed by atoms with Gasteiger partial charge in [-0.25, -0.2) is 0 Å². The lowest BCUT2D eigenvalue weighted by molar-refractivity contribution is 0.281. The molecule has 1 aromatic heterocycles. The molecule has 1 aromatic rings. The Morgan fingerprint density at radius 1 is 1.39 bits per heavy atom. The fraction of sp³-hybridized carbons (Fsp3) is 0.800. The van der Waals surface area contributed by atoms with Gasteiger partial charge in [-0.05, 0) is 56.0 Å². The molecule has 1 heterocycles. The molecule has 1 N–H and O–H groups in total. The smallest absolute Gasteiger partial charge is 0.0522 e. The van der Waals surface area contributed by atoms with Crippen molar-refractivity contribution < 1.29 is 0 Å². The number of rotatable bonds is 6. The molecule has 0 aromatic carbocycles. The van der Waals surface area contributed by atoms with Crippen molar-refractivity contribution >= 4 is 0 Å². The average Bonchev–Trinajstić information content (AvgIpc) is 3.07. The summed E-state index contributed by atoms with van der Waals surface area (Å²) in [4.78, 5) is 0. The molecule has 0 saturated heterocycles. The molecule has 18 heavy (non-hydrogen) atoms. The number of aromatic nitrogens is 2. The first-order chi connectivity index (χ1) is 8.86. The Morgan fingerprint density at radius 2 is 2.33 bits per heavy atom. The highest BCUT2D eigenvalue weighted by molar-refractivity contribution is 5.01. The number of nitrogens with zero attached hydrogens (tertiary/aromatic N) is 2. The zero-order valence-electron chi connectivity index (χ0n) is 11.4. The van der Waals surface area contributed by atoms with Gasteiger partial charge in [0.2, 0.25) is 0 Å². The maximum absolute atomic E-state index is 4.52. The van der Waals surface area contributed by atoms with Crippen LogP contribution >= 0.6 is 0 Å². The molecule has 0 radical (unpaired) electrons. The molecule has 2 aliphatic rings. The van der Waals surface area contributed by atoms with Gasteiger partial charge in [0.25, 0.3) is 0 Å². The minimum atomic E-state index is 0.897. The Bertz CT molecular complexity index is 385. The monoisotopic (exact) mass is 247 g/mol. The minimum absolute atomic E-state index is 0.897. The van der Waals surface area contributed by atoms with E-state index in [0.29, 0.717) is 0 Å². The summed E-state index contributed by atoms with van der Waals surface area (Å²) in [5.41, 5.74) is 1.35. The number of hydrogen-bond acceptors (Lipinski definition) is 2. The Kier molecular flexibility index (Phi) is 3.69. The first kappa shape index (κ1) is 12.2. The van der Waals surface area contributed by atoms with Gasteiger partial charge in [0.15, 0.2) is 0 Å². The maximum Gasteiger partial charge on any atom is 0.0522 e. The Morgan fingerprint density at radius 3 is 3.06 bits per heavy atom. The lowest BCUT2D eigenvalue weighted by Crippen LogP contribution is -2.22. The van der Waals surface area contributed by atoms with Crippen LogP contribution in [0.25, 0.3) is 0 Å². The fourth-order valence-electron chi connectivity index (χ4n) is 3.89. The highest BCUT2D eigenvalue weighted by Gasteiger charge is 2.39. The molecule has 3 unspecified atom stereocenters. The van der Waals surface area contributed by atoms with Gasteiger partial charge in [-0.1, -0.05) is 13.3 Å². The molecule has 3 heteroatoms. The summed E-state index contributed by atoms with van der Waals surface area (Å²) in [5.74, 6) is 2.93. The topological polar surface area (TPSA) is 29.9 Å². The predicted molar refractivity (Wildman–Crippen MR) is 73.2 cm³/mol. The molecule has 3 rings (SSSR count). The summed E-state index contributed by atoms with van der Waals surface area (Å²) < 4.78 is 2.24. The van der Waals surface area contributed by atoms with Crippen LogP contribution in [0.2, 0.25) is 0 Å². The highest BCUT2D eigenvalue weighted by atomic mass is 15.3. The zero-order chi connectivity index (χ0) is 12.4. The standard InChI is InChI=1S/C15H25N3/c1-2-6-16-10-15-5-7-17-18(15)11-14-9-12-3-4-13(14)8-12/h5,7,12-14,16H,2-4,6,8-11H2,1H3. The molecule has 0 amide bonds. The second kappa shape index (κ2) is 5.43. The van der Waals surface area contributed by atoms with Crippen LogP contribution in [0.4, 0.5) is 0 Å². The molecule has 0 spiro atoms. The Hall–Kier alpha value is -0.830. The van der Waals surface area contributed by atoms with E-state index in [9.17, 15) is 0 Å². The van der Waals surface area contributed by atoms with E-state index in [1.165, 1.54) is 37.8 Å². The summed E-state index contributed by atoms with van der Waals surface area (Å²) >= 11 is 0. The lowest BCUT2D eigenvalue weighted by atomic mass is 9.89. The van der Waals surface area contributed by atoms with Crippen LogP contribution in [-0.4, -0.2) is 16.3 Å². The van der Waals surface area contributed by atoms with Crippen molar-refractivity contribution in [3.8, 4) is 0 Å². The summed E-state index contributed by atoms with van der Waals surface area (Å²) in [6.07, 6.45) is 9.06. The molecule has 2 fully saturated rings. The van der Waals surface area contributed by atoms with Crippen LogP contribution in [0, 0.1) is 17.8 Å². The van der Waals surface area contributed by atoms with E-state index in [1.54, 1.807) is 0 Å². The Balaban J connectivity index is 1.57. The average molecular weight is 247 g/mol. The van der Waals surface area contributed by atoms with Crippen LogP contribution in [0.1, 0.15) is 44.7 Å². The van der Waals surface area contributed by atoms with Crippen LogP contribution < -0.4 is 5.32 Å². The van der Waals surface area contributed by atoms with E-state index in [4.69, 9.17) is 0 Å². The predicted octanol–water partition coefficient (Wildman–Crippen LogP) is 2.82.